The Hall–Kier alpha value is -1.65. The van der Waals surface area contributed by atoms with Gasteiger partial charge in [-0.3, -0.25) is 0 Å². The highest BCUT2D eigenvalue weighted by molar-refractivity contribution is 7.18. The minimum Gasteiger partial charge on any atom is -0.361 e. The number of halogens is 1. The van der Waals surface area contributed by atoms with Crippen molar-refractivity contribution in [3.63, 3.8) is 0 Å². The maximum atomic E-state index is 5.87. The van der Waals surface area contributed by atoms with Gasteiger partial charge in [-0.1, -0.05) is 29.8 Å². The highest BCUT2D eigenvalue weighted by Crippen LogP contribution is 2.27. The lowest BCUT2D eigenvalue weighted by Crippen LogP contribution is -2.07. The van der Waals surface area contributed by atoms with Gasteiger partial charge >= 0.3 is 0 Å². The third-order valence-corrected chi connectivity index (χ3v) is 4.19. The van der Waals surface area contributed by atoms with Crippen molar-refractivity contribution in [1.82, 2.24) is 9.97 Å². The van der Waals surface area contributed by atoms with Crippen molar-refractivity contribution in [3.8, 4) is 0 Å². The first-order valence-corrected chi connectivity index (χ1v) is 7.16. The first-order valence-electron chi connectivity index (χ1n) is 5.97. The van der Waals surface area contributed by atoms with Gasteiger partial charge in [-0.15, -0.1) is 11.3 Å². The number of anilines is 1. The SMILES string of the molecule is CC(Nc1cccc(Cl)n1)c1nc2ccccc2s1. The number of benzene rings is 1. The van der Waals surface area contributed by atoms with Gasteiger partial charge in [0, 0.05) is 0 Å². The Morgan fingerprint density at radius 1 is 1.11 bits per heavy atom. The summed E-state index contributed by atoms with van der Waals surface area (Å²) in [5.41, 5.74) is 1.04. The lowest BCUT2D eigenvalue weighted by atomic mass is 10.3. The fourth-order valence-electron chi connectivity index (χ4n) is 1.85. The molecule has 3 nitrogen and oxygen atoms in total. The quantitative estimate of drug-likeness (QED) is 0.721. The molecule has 0 aliphatic rings. The number of nitrogens with zero attached hydrogens (tertiary/aromatic N) is 2. The number of hydrogen-bond acceptors (Lipinski definition) is 4. The molecular weight excluding hydrogens is 278 g/mol. The van der Waals surface area contributed by atoms with Crippen LogP contribution in [-0.4, -0.2) is 9.97 Å². The molecule has 0 aliphatic heterocycles. The molecule has 2 aromatic heterocycles. The molecule has 1 unspecified atom stereocenters. The number of para-hydroxylation sites is 1. The first kappa shape index (κ1) is 12.4. The van der Waals surface area contributed by atoms with Crippen molar-refractivity contribution in [2.24, 2.45) is 0 Å². The van der Waals surface area contributed by atoms with E-state index < -0.39 is 0 Å². The first-order chi connectivity index (χ1) is 9.22. The van der Waals surface area contributed by atoms with E-state index in [0.29, 0.717) is 5.15 Å². The second kappa shape index (κ2) is 5.15. The number of nitrogens with one attached hydrogen (secondary N) is 1. The number of rotatable bonds is 3. The average molecular weight is 290 g/mol. The molecule has 1 atom stereocenters. The minimum atomic E-state index is 0.100. The van der Waals surface area contributed by atoms with Crippen molar-refractivity contribution in [3.05, 3.63) is 52.6 Å². The standard InChI is InChI=1S/C14H12ClN3S/c1-9(16-13-8-4-7-12(15)18-13)14-17-10-5-2-3-6-11(10)19-14/h2-9H,1H3,(H,16,18). The minimum absolute atomic E-state index is 0.100. The van der Waals surface area contributed by atoms with Crippen LogP contribution < -0.4 is 5.32 Å². The molecule has 3 aromatic rings. The highest BCUT2D eigenvalue weighted by atomic mass is 35.5. The summed E-state index contributed by atoms with van der Waals surface area (Å²) in [6.07, 6.45) is 0. The van der Waals surface area contributed by atoms with E-state index in [1.54, 1.807) is 17.4 Å². The van der Waals surface area contributed by atoms with Crippen LogP contribution in [0.4, 0.5) is 5.82 Å². The van der Waals surface area contributed by atoms with Crippen molar-refractivity contribution in [1.29, 1.82) is 0 Å². The molecule has 5 heteroatoms. The summed E-state index contributed by atoms with van der Waals surface area (Å²) in [6.45, 7) is 2.07. The lowest BCUT2D eigenvalue weighted by Gasteiger charge is -2.11. The molecule has 96 valence electrons. The van der Waals surface area contributed by atoms with E-state index in [1.165, 1.54) is 4.70 Å². The van der Waals surface area contributed by atoms with E-state index in [2.05, 4.69) is 28.3 Å². The number of pyridine rings is 1. The molecule has 2 heterocycles. The summed E-state index contributed by atoms with van der Waals surface area (Å²) in [6, 6.07) is 13.8. The van der Waals surface area contributed by atoms with E-state index in [-0.39, 0.29) is 6.04 Å². The number of fused-ring (bicyclic) bond motifs is 1. The molecule has 0 saturated carbocycles. The van der Waals surface area contributed by atoms with E-state index in [0.717, 1.165) is 16.3 Å². The second-order valence-corrected chi connectivity index (χ2v) is 5.68. The van der Waals surface area contributed by atoms with E-state index in [9.17, 15) is 0 Å². The van der Waals surface area contributed by atoms with Gasteiger partial charge in [0.25, 0.3) is 0 Å². The predicted molar refractivity (Wildman–Crippen MR) is 80.9 cm³/mol. The van der Waals surface area contributed by atoms with E-state index in [1.807, 2.05) is 30.3 Å². The monoisotopic (exact) mass is 289 g/mol. The Bertz CT molecular complexity index is 677. The van der Waals surface area contributed by atoms with Gasteiger partial charge in [0.15, 0.2) is 0 Å². The number of thiazole rings is 1. The van der Waals surface area contributed by atoms with Crippen molar-refractivity contribution < 1.29 is 0 Å². The van der Waals surface area contributed by atoms with Gasteiger partial charge < -0.3 is 5.32 Å². The Labute approximate surface area is 120 Å². The molecule has 1 N–H and O–H groups in total. The Morgan fingerprint density at radius 2 is 1.95 bits per heavy atom. The Morgan fingerprint density at radius 3 is 2.74 bits per heavy atom. The summed E-state index contributed by atoms with van der Waals surface area (Å²) in [5, 5.41) is 4.84. The Kier molecular flexibility index (Phi) is 3.36. The maximum absolute atomic E-state index is 5.87. The predicted octanol–water partition coefficient (Wildman–Crippen LogP) is 4.52. The zero-order valence-electron chi connectivity index (χ0n) is 10.3. The molecule has 0 bridgehead atoms. The average Bonchev–Trinajstić information content (AvgIpc) is 2.82. The highest BCUT2D eigenvalue weighted by Gasteiger charge is 2.11. The maximum Gasteiger partial charge on any atom is 0.131 e. The van der Waals surface area contributed by atoms with Crippen LogP contribution in [-0.2, 0) is 0 Å². The zero-order chi connectivity index (χ0) is 13.2. The van der Waals surface area contributed by atoms with Crippen molar-refractivity contribution in [2.45, 2.75) is 13.0 Å². The Balaban J connectivity index is 1.85. The molecule has 0 spiro atoms. The van der Waals surface area contributed by atoms with E-state index in [4.69, 9.17) is 11.6 Å². The number of hydrogen-bond donors (Lipinski definition) is 1. The van der Waals surface area contributed by atoms with Gasteiger partial charge in [-0.2, -0.15) is 0 Å². The molecule has 3 rings (SSSR count). The lowest BCUT2D eigenvalue weighted by molar-refractivity contribution is 0.865. The molecule has 0 saturated heterocycles. The van der Waals surface area contributed by atoms with Gasteiger partial charge in [-0.05, 0) is 31.2 Å². The van der Waals surface area contributed by atoms with Crippen LogP contribution in [0.1, 0.15) is 18.0 Å². The van der Waals surface area contributed by atoms with Crippen LogP contribution in [0.15, 0.2) is 42.5 Å². The normalized spacial score (nSPS) is 12.5. The zero-order valence-corrected chi connectivity index (χ0v) is 11.9. The summed E-state index contributed by atoms with van der Waals surface area (Å²) >= 11 is 7.57. The molecule has 0 radical (unpaired) electrons. The summed E-state index contributed by atoms with van der Waals surface area (Å²) in [7, 11) is 0. The molecule has 0 fully saturated rings. The van der Waals surface area contributed by atoms with Crippen LogP contribution in [0, 0.1) is 0 Å². The van der Waals surface area contributed by atoms with Gasteiger partial charge in [0.05, 0.1) is 16.3 Å². The van der Waals surface area contributed by atoms with Crippen LogP contribution in [0.2, 0.25) is 5.15 Å². The van der Waals surface area contributed by atoms with Crippen molar-refractivity contribution in [2.75, 3.05) is 5.32 Å². The van der Waals surface area contributed by atoms with Crippen LogP contribution in [0.5, 0.6) is 0 Å². The van der Waals surface area contributed by atoms with E-state index >= 15 is 0 Å². The largest absolute Gasteiger partial charge is 0.361 e. The van der Waals surface area contributed by atoms with Gasteiger partial charge in [-0.25, -0.2) is 9.97 Å². The fourth-order valence-corrected chi connectivity index (χ4v) is 2.98. The van der Waals surface area contributed by atoms with Gasteiger partial charge in [0.1, 0.15) is 16.0 Å². The molecule has 0 amide bonds. The topological polar surface area (TPSA) is 37.8 Å². The molecular formula is C14H12ClN3S. The fraction of sp³-hybridized carbons (Fsp3) is 0.143. The molecule has 1 aromatic carbocycles. The summed E-state index contributed by atoms with van der Waals surface area (Å²) < 4.78 is 1.20. The summed E-state index contributed by atoms with van der Waals surface area (Å²) in [4.78, 5) is 8.85. The smallest absolute Gasteiger partial charge is 0.131 e. The van der Waals surface area contributed by atoms with Crippen LogP contribution >= 0.6 is 22.9 Å². The van der Waals surface area contributed by atoms with Gasteiger partial charge in [0.2, 0.25) is 0 Å². The van der Waals surface area contributed by atoms with Crippen LogP contribution in [0.25, 0.3) is 10.2 Å². The molecule has 0 aliphatic carbocycles. The third kappa shape index (κ3) is 2.69. The number of aromatic nitrogens is 2. The molecule has 19 heavy (non-hydrogen) atoms. The van der Waals surface area contributed by atoms with Crippen molar-refractivity contribution >= 4 is 39.0 Å². The second-order valence-electron chi connectivity index (χ2n) is 4.23. The van der Waals surface area contributed by atoms with Crippen LogP contribution in [0.3, 0.4) is 0 Å². The summed E-state index contributed by atoms with van der Waals surface area (Å²) in [5.74, 6) is 0.763. The third-order valence-electron chi connectivity index (χ3n) is 2.76.